The SMILES string of the molecule is CCCCC/C=C\CCCCCCCC(=O)OCC(COC(=O)CCCCCCCCCCCCCCCCCCCCCCCCCCC)OC(=O)CCCCCCCCCCC/C=C\C/C=C\CCCCCCC. The number of rotatable bonds is 63. The van der Waals surface area contributed by atoms with Gasteiger partial charge < -0.3 is 14.2 Å². The lowest BCUT2D eigenvalue weighted by molar-refractivity contribution is -0.167. The summed E-state index contributed by atoms with van der Waals surface area (Å²) in [6, 6.07) is 0. The van der Waals surface area contributed by atoms with Gasteiger partial charge in [-0.1, -0.05) is 314 Å². The van der Waals surface area contributed by atoms with E-state index in [0.717, 1.165) is 70.6 Å². The Morgan fingerprint density at radius 1 is 0.263 bits per heavy atom. The van der Waals surface area contributed by atoms with E-state index < -0.39 is 6.10 Å². The first-order valence-electron chi connectivity index (χ1n) is 34.0. The third-order valence-electron chi connectivity index (χ3n) is 15.4. The van der Waals surface area contributed by atoms with Gasteiger partial charge in [0.05, 0.1) is 0 Å². The highest BCUT2D eigenvalue weighted by molar-refractivity contribution is 5.71. The largest absolute Gasteiger partial charge is 0.462 e. The monoisotopic (exact) mass is 1070 g/mol. The Morgan fingerprint density at radius 3 is 0.763 bits per heavy atom. The van der Waals surface area contributed by atoms with Gasteiger partial charge in [0.15, 0.2) is 6.10 Å². The number of unbranched alkanes of at least 4 members (excludes halogenated alkanes) is 46. The first-order chi connectivity index (χ1) is 37.5. The highest BCUT2D eigenvalue weighted by atomic mass is 16.6. The van der Waals surface area contributed by atoms with Gasteiger partial charge in [-0.05, 0) is 77.0 Å². The molecule has 0 N–H and O–H groups in total. The van der Waals surface area contributed by atoms with Crippen LogP contribution in [0.5, 0.6) is 0 Å². The second kappa shape index (κ2) is 65.2. The van der Waals surface area contributed by atoms with Crippen LogP contribution in [0.4, 0.5) is 0 Å². The number of ether oxygens (including phenoxy) is 3. The van der Waals surface area contributed by atoms with Crippen LogP contribution in [-0.2, 0) is 28.6 Å². The lowest BCUT2D eigenvalue weighted by Gasteiger charge is -2.18. The van der Waals surface area contributed by atoms with Crippen LogP contribution in [0.25, 0.3) is 0 Å². The predicted molar refractivity (Wildman–Crippen MR) is 330 cm³/mol. The molecule has 0 aromatic rings. The number of carbonyl (C=O) groups is 3. The Morgan fingerprint density at radius 2 is 0.474 bits per heavy atom. The number of hydrogen-bond acceptors (Lipinski definition) is 6. The van der Waals surface area contributed by atoms with Crippen LogP contribution in [0.15, 0.2) is 36.5 Å². The van der Waals surface area contributed by atoms with E-state index in [1.165, 1.54) is 263 Å². The van der Waals surface area contributed by atoms with Crippen molar-refractivity contribution in [1.82, 2.24) is 0 Å². The molecule has 0 aliphatic rings. The third-order valence-corrected chi connectivity index (χ3v) is 15.4. The van der Waals surface area contributed by atoms with Crippen molar-refractivity contribution in [3.63, 3.8) is 0 Å². The van der Waals surface area contributed by atoms with Crippen LogP contribution >= 0.6 is 0 Å². The molecule has 0 amide bonds. The van der Waals surface area contributed by atoms with Gasteiger partial charge in [0.1, 0.15) is 13.2 Å². The summed E-state index contributed by atoms with van der Waals surface area (Å²) in [5.41, 5.74) is 0. The van der Waals surface area contributed by atoms with Crippen molar-refractivity contribution in [2.45, 2.75) is 380 Å². The van der Waals surface area contributed by atoms with Gasteiger partial charge in [-0.3, -0.25) is 14.4 Å². The molecule has 6 heteroatoms. The summed E-state index contributed by atoms with van der Waals surface area (Å²) in [5, 5.41) is 0. The number of carbonyl (C=O) groups excluding carboxylic acids is 3. The van der Waals surface area contributed by atoms with E-state index in [2.05, 4.69) is 57.2 Å². The maximum absolute atomic E-state index is 12.9. The zero-order valence-corrected chi connectivity index (χ0v) is 51.3. The van der Waals surface area contributed by atoms with Crippen molar-refractivity contribution in [2.75, 3.05) is 13.2 Å². The van der Waals surface area contributed by atoms with Gasteiger partial charge in [-0.2, -0.15) is 0 Å². The average molecular weight is 1070 g/mol. The molecular weight excluding hydrogens is 937 g/mol. The minimum atomic E-state index is -0.776. The fourth-order valence-corrected chi connectivity index (χ4v) is 10.2. The van der Waals surface area contributed by atoms with E-state index in [-0.39, 0.29) is 31.1 Å². The van der Waals surface area contributed by atoms with Gasteiger partial charge in [0, 0.05) is 19.3 Å². The number of hydrogen-bond donors (Lipinski definition) is 0. The van der Waals surface area contributed by atoms with Crippen molar-refractivity contribution in [3.8, 4) is 0 Å². The maximum atomic E-state index is 12.9. The Bertz CT molecular complexity index is 1270. The van der Waals surface area contributed by atoms with Crippen LogP contribution in [0.1, 0.15) is 374 Å². The van der Waals surface area contributed by atoms with Crippen molar-refractivity contribution >= 4 is 17.9 Å². The van der Waals surface area contributed by atoms with Gasteiger partial charge in [-0.15, -0.1) is 0 Å². The van der Waals surface area contributed by atoms with Crippen LogP contribution < -0.4 is 0 Å². The quantitative estimate of drug-likeness (QED) is 0.0261. The fourth-order valence-electron chi connectivity index (χ4n) is 10.2. The molecule has 446 valence electrons. The second-order valence-electron chi connectivity index (χ2n) is 23.1. The molecule has 0 fully saturated rings. The second-order valence-corrected chi connectivity index (χ2v) is 23.1. The Balaban J connectivity index is 4.22. The third kappa shape index (κ3) is 62.5. The molecular formula is C70H130O6. The molecule has 0 aliphatic heterocycles. The van der Waals surface area contributed by atoms with E-state index in [4.69, 9.17) is 14.2 Å². The minimum Gasteiger partial charge on any atom is -0.462 e. The molecule has 6 nitrogen and oxygen atoms in total. The van der Waals surface area contributed by atoms with Crippen molar-refractivity contribution in [2.24, 2.45) is 0 Å². The Kier molecular flexibility index (Phi) is 63.1. The average Bonchev–Trinajstić information content (AvgIpc) is 3.42. The molecule has 0 aromatic heterocycles. The molecule has 0 rings (SSSR count). The van der Waals surface area contributed by atoms with Crippen molar-refractivity contribution in [3.05, 3.63) is 36.5 Å². The maximum Gasteiger partial charge on any atom is 0.306 e. The van der Waals surface area contributed by atoms with Crippen LogP contribution in [0, 0.1) is 0 Å². The van der Waals surface area contributed by atoms with E-state index in [1.54, 1.807) is 0 Å². The molecule has 76 heavy (non-hydrogen) atoms. The fraction of sp³-hybridized carbons (Fsp3) is 0.871. The molecule has 0 aromatic carbocycles. The molecule has 0 saturated carbocycles. The summed E-state index contributed by atoms with van der Waals surface area (Å²) in [6.07, 6.45) is 80.3. The summed E-state index contributed by atoms with van der Waals surface area (Å²) in [5.74, 6) is -0.861. The lowest BCUT2D eigenvalue weighted by atomic mass is 10.0. The summed E-state index contributed by atoms with van der Waals surface area (Å²) in [6.45, 7) is 6.66. The highest BCUT2D eigenvalue weighted by Gasteiger charge is 2.19. The topological polar surface area (TPSA) is 78.9 Å². The molecule has 0 bridgehead atoms. The van der Waals surface area contributed by atoms with Crippen molar-refractivity contribution in [1.29, 1.82) is 0 Å². The zero-order valence-electron chi connectivity index (χ0n) is 51.3. The molecule has 1 atom stereocenters. The smallest absolute Gasteiger partial charge is 0.306 e. The zero-order chi connectivity index (χ0) is 55.0. The van der Waals surface area contributed by atoms with Gasteiger partial charge >= 0.3 is 17.9 Å². The standard InChI is InChI=1S/C70H130O6/c1-4-7-10-13-16-19-22-25-27-29-31-33-34-35-36-38-39-41-43-45-48-51-54-57-60-63-69(72)75-66-67(65-74-68(71)62-59-56-53-50-47-24-21-18-15-12-9-6-3)76-70(73)64-61-58-55-52-49-46-44-42-40-37-32-30-28-26-23-20-17-14-11-8-5-2/h18,21,23,26,30,32,67H,4-17,19-20,22,24-25,27-29,31,33-66H2,1-3H3/b21-18-,26-23-,32-30-. The molecule has 0 aliphatic carbocycles. The van der Waals surface area contributed by atoms with Crippen LogP contribution in [-0.4, -0.2) is 37.2 Å². The first kappa shape index (κ1) is 73.6. The Labute approximate surface area is 474 Å². The molecule has 0 heterocycles. The van der Waals surface area contributed by atoms with Crippen LogP contribution in [0.3, 0.4) is 0 Å². The number of esters is 3. The summed E-state index contributed by atoms with van der Waals surface area (Å²) < 4.78 is 16.9. The molecule has 0 saturated heterocycles. The van der Waals surface area contributed by atoms with E-state index >= 15 is 0 Å². The highest BCUT2D eigenvalue weighted by Crippen LogP contribution is 2.18. The van der Waals surface area contributed by atoms with Gasteiger partial charge in [0.2, 0.25) is 0 Å². The lowest BCUT2D eigenvalue weighted by Crippen LogP contribution is -2.30. The normalized spacial score (nSPS) is 12.2. The van der Waals surface area contributed by atoms with Crippen LogP contribution in [0.2, 0.25) is 0 Å². The van der Waals surface area contributed by atoms with Gasteiger partial charge in [-0.25, -0.2) is 0 Å². The van der Waals surface area contributed by atoms with Crippen molar-refractivity contribution < 1.29 is 28.6 Å². The molecule has 0 radical (unpaired) electrons. The molecule has 1 unspecified atom stereocenters. The summed E-state index contributed by atoms with van der Waals surface area (Å²) in [4.78, 5) is 38.3. The first-order valence-corrected chi connectivity index (χ1v) is 34.0. The van der Waals surface area contributed by atoms with Gasteiger partial charge in [0.25, 0.3) is 0 Å². The van der Waals surface area contributed by atoms with E-state index in [1.807, 2.05) is 0 Å². The number of allylic oxidation sites excluding steroid dienone is 6. The summed E-state index contributed by atoms with van der Waals surface area (Å²) >= 11 is 0. The minimum absolute atomic E-state index is 0.0721. The summed E-state index contributed by atoms with van der Waals surface area (Å²) in [7, 11) is 0. The molecule has 0 spiro atoms. The Hall–Kier alpha value is -2.37. The van der Waals surface area contributed by atoms with E-state index in [9.17, 15) is 14.4 Å². The predicted octanol–water partition coefficient (Wildman–Crippen LogP) is 23.2. The van der Waals surface area contributed by atoms with E-state index in [0.29, 0.717) is 19.3 Å².